The molecule has 0 aliphatic heterocycles. The van der Waals surface area contributed by atoms with Gasteiger partial charge >= 0.3 is 5.97 Å². The van der Waals surface area contributed by atoms with Crippen molar-refractivity contribution in [2.45, 2.75) is 16.7 Å². The number of nitrogens with one attached hydrogen (secondary N) is 1. The summed E-state index contributed by atoms with van der Waals surface area (Å²) >= 11 is 0. The SMILES string of the molecule is COC(=O)c1ccc(S(=N)(=O)c2cncc(C)c2)cc1. The maximum atomic E-state index is 12.6. The van der Waals surface area contributed by atoms with Crippen molar-refractivity contribution in [2.24, 2.45) is 0 Å². The molecule has 5 nitrogen and oxygen atoms in total. The van der Waals surface area contributed by atoms with Gasteiger partial charge in [-0.1, -0.05) is 0 Å². The molecule has 0 saturated heterocycles. The van der Waals surface area contributed by atoms with Crippen molar-refractivity contribution in [1.29, 1.82) is 4.78 Å². The predicted molar refractivity (Wildman–Crippen MR) is 74.1 cm³/mol. The van der Waals surface area contributed by atoms with Crippen molar-refractivity contribution >= 4 is 15.7 Å². The first-order chi connectivity index (χ1) is 9.45. The topological polar surface area (TPSA) is 80.1 Å². The number of ether oxygens (including phenoxy) is 1. The number of hydrogen-bond acceptors (Lipinski definition) is 5. The molecule has 0 amide bonds. The van der Waals surface area contributed by atoms with Gasteiger partial charge in [-0.15, -0.1) is 0 Å². The summed E-state index contributed by atoms with van der Waals surface area (Å²) in [6, 6.07) is 7.68. The van der Waals surface area contributed by atoms with E-state index in [4.69, 9.17) is 4.78 Å². The van der Waals surface area contributed by atoms with E-state index in [2.05, 4.69) is 9.72 Å². The van der Waals surface area contributed by atoms with Crippen molar-refractivity contribution in [3.05, 3.63) is 53.9 Å². The average Bonchev–Trinajstić information content (AvgIpc) is 2.46. The van der Waals surface area contributed by atoms with Crippen LogP contribution in [0.5, 0.6) is 0 Å². The molecule has 0 fully saturated rings. The van der Waals surface area contributed by atoms with E-state index in [9.17, 15) is 9.00 Å². The molecule has 1 aromatic heterocycles. The summed E-state index contributed by atoms with van der Waals surface area (Å²) in [5, 5.41) is 0. The first-order valence-electron chi connectivity index (χ1n) is 5.84. The third-order valence-corrected chi connectivity index (χ3v) is 4.61. The molecule has 0 spiro atoms. The molecule has 2 rings (SSSR count). The molecule has 2 aromatic rings. The Hall–Kier alpha value is -2.21. The second kappa shape index (κ2) is 5.42. The molecule has 1 aromatic carbocycles. The molecule has 0 bridgehead atoms. The Bertz CT molecular complexity index is 737. The molecule has 104 valence electrons. The van der Waals surface area contributed by atoms with Gasteiger partial charge in [0.25, 0.3) is 0 Å². The number of pyridine rings is 1. The van der Waals surface area contributed by atoms with E-state index in [0.717, 1.165) is 5.56 Å². The van der Waals surface area contributed by atoms with Crippen LogP contribution in [-0.4, -0.2) is 22.3 Å². The number of benzene rings is 1. The summed E-state index contributed by atoms with van der Waals surface area (Å²) in [5.41, 5.74) is 1.20. The smallest absolute Gasteiger partial charge is 0.337 e. The first kappa shape index (κ1) is 14.2. The van der Waals surface area contributed by atoms with Crippen LogP contribution in [0.2, 0.25) is 0 Å². The molecule has 0 aliphatic carbocycles. The van der Waals surface area contributed by atoms with Gasteiger partial charge in [-0.2, -0.15) is 0 Å². The predicted octanol–water partition coefficient (Wildman–Crippen LogP) is 2.64. The highest BCUT2D eigenvalue weighted by molar-refractivity contribution is 7.92. The van der Waals surface area contributed by atoms with Crippen LogP contribution in [0.15, 0.2) is 52.5 Å². The van der Waals surface area contributed by atoms with E-state index in [-0.39, 0.29) is 0 Å². The fourth-order valence-electron chi connectivity index (χ4n) is 1.72. The standard InChI is InChI=1S/C14H14N2O3S/c1-10-7-13(9-16-8-10)20(15,18)12-5-3-11(4-6-12)14(17)19-2/h3-9,15H,1-2H3. The third kappa shape index (κ3) is 2.70. The van der Waals surface area contributed by atoms with Crippen LogP contribution in [-0.2, 0) is 14.5 Å². The maximum Gasteiger partial charge on any atom is 0.337 e. The number of rotatable bonds is 3. The highest BCUT2D eigenvalue weighted by Gasteiger charge is 2.15. The zero-order valence-corrected chi connectivity index (χ0v) is 11.9. The van der Waals surface area contributed by atoms with Crippen LogP contribution < -0.4 is 0 Å². The van der Waals surface area contributed by atoms with Gasteiger partial charge < -0.3 is 4.74 Å². The number of esters is 1. The minimum atomic E-state index is -3.13. The lowest BCUT2D eigenvalue weighted by Gasteiger charge is -2.08. The van der Waals surface area contributed by atoms with Crippen LogP contribution >= 0.6 is 0 Å². The van der Waals surface area contributed by atoms with Crippen LogP contribution in [0.4, 0.5) is 0 Å². The molecule has 0 radical (unpaired) electrons. The summed E-state index contributed by atoms with van der Waals surface area (Å²) in [6.45, 7) is 1.83. The number of nitrogens with zero attached hydrogens (tertiary/aromatic N) is 1. The number of aryl methyl sites for hydroxylation is 1. The molecule has 0 aliphatic rings. The van der Waals surface area contributed by atoms with Gasteiger partial charge in [0.05, 0.1) is 22.5 Å². The quantitative estimate of drug-likeness (QED) is 0.881. The van der Waals surface area contributed by atoms with Gasteiger partial charge in [0, 0.05) is 12.4 Å². The minimum Gasteiger partial charge on any atom is -0.465 e. The van der Waals surface area contributed by atoms with Gasteiger partial charge in [0.15, 0.2) is 0 Å². The van der Waals surface area contributed by atoms with E-state index in [1.807, 2.05) is 6.92 Å². The Morgan fingerprint density at radius 1 is 1.20 bits per heavy atom. The van der Waals surface area contributed by atoms with Crippen LogP contribution in [0.25, 0.3) is 0 Å². The maximum absolute atomic E-state index is 12.6. The van der Waals surface area contributed by atoms with Crippen molar-refractivity contribution in [3.63, 3.8) is 0 Å². The summed E-state index contributed by atoms with van der Waals surface area (Å²) in [6.07, 6.45) is 3.07. The number of carbonyl (C=O) groups excluding carboxylic acids is 1. The minimum absolute atomic E-state index is 0.331. The van der Waals surface area contributed by atoms with Crippen molar-refractivity contribution < 1.29 is 13.7 Å². The number of hydrogen-bond donors (Lipinski definition) is 1. The zero-order valence-electron chi connectivity index (χ0n) is 11.1. The first-order valence-corrected chi connectivity index (χ1v) is 7.40. The molecule has 6 heteroatoms. The van der Waals surface area contributed by atoms with Gasteiger partial charge in [-0.3, -0.25) is 4.98 Å². The molecule has 1 atom stereocenters. The molecule has 0 saturated carbocycles. The van der Waals surface area contributed by atoms with E-state index < -0.39 is 15.7 Å². The average molecular weight is 290 g/mol. The van der Waals surface area contributed by atoms with Crippen molar-refractivity contribution in [3.8, 4) is 0 Å². The molecule has 1 unspecified atom stereocenters. The van der Waals surface area contributed by atoms with Gasteiger partial charge in [-0.05, 0) is 42.8 Å². The monoisotopic (exact) mass is 290 g/mol. The summed E-state index contributed by atoms with van der Waals surface area (Å²) in [7, 11) is -1.83. The molecular formula is C14H14N2O3S. The summed E-state index contributed by atoms with van der Waals surface area (Å²) in [4.78, 5) is 16.0. The Kier molecular flexibility index (Phi) is 3.85. The fourth-order valence-corrected chi connectivity index (χ4v) is 3.07. The highest BCUT2D eigenvalue weighted by Crippen LogP contribution is 2.22. The van der Waals surface area contributed by atoms with E-state index in [0.29, 0.717) is 15.4 Å². The van der Waals surface area contributed by atoms with Crippen molar-refractivity contribution in [2.75, 3.05) is 7.11 Å². The fraction of sp³-hybridized carbons (Fsp3) is 0.143. The van der Waals surface area contributed by atoms with Gasteiger partial charge in [0.1, 0.15) is 9.73 Å². The lowest BCUT2D eigenvalue weighted by Crippen LogP contribution is -2.04. The Morgan fingerprint density at radius 3 is 2.40 bits per heavy atom. The van der Waals surface area contributed by atoms with Gasteiger partial charge in [0.2, 0.25) is 0 Å². The highest BCUT2D eigenvalue weighted by atomic mass is 32.2. The molecule has 1 heterocycles. The lowest BCUT2D eigenvalue weighted by molar-refractivity contribution is 0.0600. The molecule has 1 N–H and O–H groups in total. The molecular weight excluding hydrogens is 276 g/mol. The summed E-state index contributed by atoms with van der Waals surface area (Å²) in [5.74, 6) is -0.467. The van der Waals surface area contributed by atoms with Crippen molar-refractivity contribution in [1.82, 2.24) is 4.98 Å². The van der Waals surface area contributed by atoms with Crippen LogP contribution in [0.3, 0.4) is 0 Å². The van der Waals surface area contributed by atoms with E-state index in [1.54, 1.807) is 12.3 Å². The molecule has 20 heavy (non-hydrogen) atoms. The van der Waals surface area contributed by atoms with E-state index in [1.165, 1.54) is 37.6 Å². The Balaban J connectivity index is 2.42. The van der Waals surface area contributed by atoms with Crippen LogP contribution in [0.1, 0.15) is 15.9 Å². The van der Waals surface area contributed by atoms with Gasteiger partial charge in [-0.25, -0.2) is 13.8 Å². The lowest BCUT2D eigenvalue weighted by atomic mass is 10.2. The normalized spacial score (nSPS) is 13.5. The summed E-state index contributed by atoms with van der Waals surface area (Å²) < 4.78 is 25.3. The number of aromatic nitrogens is 1. The second-order valence-corrected chi connectivity index (χ2v) is 6.33. The third-order valence-electron chi connectivity index (χ3n) is 2.79. The number of carbonyl (C=O) groups is 1. The Morgan fingerprint density at radius 2 is 1.85 bits per heavy atom. The van der Waals surface area contributed by atoms with Crippen LogP contribution in [0, 0.1) is 11.7 Å². The zero-order chi connectivity index (χ0) is 14.8. The number of methoxy groups -OCH3 is 1. The Labute approximate surface area is 117 Å². The van der Waals surface area contributed by atoms with E-state index >= 15 is 0 Å². The second-order valence-electron chi connectivity index (χ2n) is 4.27. The largest absolute Gasteiger partial charge is 0.465 e.